The second-order valence-electron chi connectivity index (χ2n) is 5.09. The molecule has 0 aliphatic carbocycles. The number of amides is 1. The topological polar surface area (TPSA) is 98.7 Å². The first-order chi connectivity index (χ1) is 9.97. The molecule has 0 saturated heterocycles. The Bertz CT molecular complexity index is 618. The number of carbonyl (C=O) groups excluding carboxylic acids is 1. The van der Waals surface area contributed by atoms with Crippen LogP contribution in [0, 0.1) is 6.92 Å². The highest BCUT2D eigenvalue weighted by Gasteiger charge is 2.11. The molecule has 0 atom stereocenters. The molecule has 1 amide bonds. The minimum absolute atomic E-state index is 0.0302. The standard InChI is InChI=1S/C13H20N6OS/c1-8(2)19-7-16-18-11(19)4-5-15-12(20)6-10-9(3)17-13(14)21-10/h7-8H,4-6H2,1-3H3,(H2,14,17)(H,15,20). The zero-order valence-corrected chi connectivity index (χ0v) is 13.3. The molecule has 2 aromatic heterocycles. The number of hydrogen-bond donors (Lipinski definition) is 2. The lowest BCUT2D eigenvalue weighted by Crippen LogP contribution is -2.28. The normalized spacial score (nSPS) is 11.0. The van der Waals surface area contributed by atoms with Crippen LogP contribution in [-0.4, -0.2) is 32.2 Å². The number of nitrogens with zero attached hydrogens (tertiary/aromatic N) is 4. The summed E-state index contributed by atoms with van der Waals surface area (Å²) in [5.41, 5.74) is 6.45. The summed E-state index contributed by atoms with van der Waals surface area (Å²) < 4.78 is 2.00. The first kappa shape index (κ1) is 15.4. The molecular weight excluding hydrogens is 288 g/mol. The van der Waals surface area contributed by atoms with E-state index in [0.29, 0.717) is 30.6 Å². The van der Waals surface area contributed by atoms with Gasteiger partial charge < -0.3 is 15.6 Å². The zero-order chi connectivity index (χ0) is 15.4. The molecule has 0 radical (unpaired) electrons. The maximum Gasteiger partial charge on any atom is 0.225 e. The van der Waals surface area contributed by atoms with Crippen LogP contribution in [0.25, 0.3) is 0 Å². The van der Waals surface area contributed by atoms with Crippen LogP contribution in [0.2, 0.25) is 0 Å². The van der Waals surface area contributed by atoms with E-state index in [9.17, 15) is 4.79 Å². The molecule has 21 heavy (non-hydrogen) atoms. The first-order valence-corrected chi connectivity index (χ1v) is 7.66. The zero-order valence-electron chi connectivity index (χ0n) is 12.5. The predicted molar refractivity (Wildman–Crippen MR) is 82.1 cm³/mol. The van der Waals surface area contributed by atoms with Gasteiger partial charge in [-0.1, -0.05) is 0 Å². The van der Waals surface area contributed by atoms with Crippen LogP contribution in [0.15, 0.2) is 6.33 Å². The van der Waals surface area contributed by atoms with E-state index < -0.39 is 0 Å². The molecule has 0 aromatic carbocycles. The third-order valence-corrected chi connectivity index (χ3v) is 4.09. The molecule has 0 bridgehead atoms. The van der Waals surface area contributed by atoms with Gasteiger partial charge >= 0.3 is 0 Å². The van der Waals surface area contributed by atoms with E-state index in [-0.39, 0.29) is 5.91 Å². The number of nitrogens with two attached hydrogens (primary N) is 1. The number of hydrogen-bond acceptors (Lipinski definition) is 6. The molecule has 8 heteroatoms. The van der Waals surface area contributed by atoms with Gasteiger partial charge in [-0.25, -0.2) is 4.98 Å². The molecule has 3 N–H and O–H groups in total. The fourth-order valence-corrected chi connectivity index (χ4v) is 2.85. The Labute approximate surface area is 127 Å². The lowest BCUT2D eigenvalue weighted by Gasteiger charge is -2.10. The second kappa shape index (κ2) is 6.66. The fraction of sp³-hybridized carbons (Fsp3) is 0.538. The van der Waals surface area contributed by atoms with Crippen LogP contribution in [0.3, 0.4) is 0 Å². The molecule has 2 aromatic rings. The Hall–Kier alpha value is -1.96. The van der Waals surface area contributed by atoms with E-state index in [4.69, 9.17) is 5.73 Å². The summed E-state index contributed by atoms with van der Waals surface area (Å²) in [5.74, 6) is 0.848. The van der Waals surface area contributed by atoms with E-state index >= 15 is 0 Å². The van der Waals surface area contributed by atoms with Crippen molar-refractivity contribution < 1.29 is 4.79 Å². The van der Waals surface area contributed by atoms with Gasteiger partial charge in [0.2, 0.25) is 5.91 Å². The van der Waals surface area contributed by atoms with Crippen molar-refractivity contribution in [2.24, 2.45) is 0 Å². The van der Waals surface area contributed by atoms with E-state index in [1.807, 2.05) is 11.5 Å². The van der Waals surface area contributed by atoms with E-state index in [2.05, 4.69) is 34.3 Å². The summed E-state index contributed by atoms with van der Waals surface area (Å²) >= 11 is 1.36. The Morgan fingerprint density at radius 2 is 2.29 bits per heavy atom. The number of aryl methyl sites for hydroxylation is 1. The minimum atomic E-state index is -0.0302. The third kappa shape index (κ3) is 4.01. The Morgan fingerprint density at radius 3 is 2.90 bits per heavy atom. The van der Waals surface area contributed by atoms with E-state index in [1.165, 1.54) is 11.3 Å². The molecule has 0 spiro atoms. The molecule has 2 heterocycles. The molecule has 2 rings (SSSR count). The van der Waals surface area contributed by atoms with Crippen LogP contribution in [-0.2, 0) is 17.6 Å². The van der Waals surface area contributed by atoms with Gasteiger partial charge in [0.1, 0.15) is 12.2 Å². The summed E-state index contributed by atoms with van der Waals surface area (Å²) in [4.78, 5) is 16.9. The maximum absolute atomic E-state index is 11.9. The highest BCUT2D eigenvalue weighted by Crippen LogP contribution is 2.19. The molecule has 0 saturated carbocycles. The lowest BCUT2D eigenvalue weighted by molar-refractivity contribution is -0.120. The van der Waals surface area contributed by atoms with Crippen molar-refractivity contribution in [3.8, 4) is 0 Å². The summed E-state index contributed by atoms with van der Waals surface area (Å²) in [6.45, 7) is 6.54. The van der Waals surface area contributed by atoms with E-state index in [0.717, 1.165) is 16.4 Å². The van der Waals surface area contributed by atoms with Gasteiger partial charge in [-0.2, -0.15) is 0 Å². The van der Waals surface area contributed by atoms with Crippen molar-refractivity contribution in [3.05, 3.63) is 22.7 Å². The number of rotatable bonds is 6. The third-order valence-electron chi connectivity index (χ3n) is 3.10. The van der Waals surface area contributed by atoms with Gasteiger partial charge in [0.25, 0.3) is 0 Å². The van der Waals surface area contributed by atoms with Gasteiger partial charge in [-0.3, -0.25) is 4.79 Å². The SMILES string of the molecule is Cc1nc(N)sc1CC(=O)NCCc1nncn1C(C)C. The van der Waals surface area contributed by atoms with Gasteiger partial charge in [-0.15, -0.1) is 21.5 Å². The van der Waals surface area contributed by atoms with Gasteiger partial charge in [0.15, 0.2) is 5.13 Å². The van der Waals surface area contributed by atoms with Crippen LogP contribution in [0.4, 0.5) is 5.13 Å². The van der Waals surface area contributed by atoms with Crippen LogP contribution < -0.4 is 11.1 Å². The average Bonchev–Trinajstić information content (AvgIpc) is 2.97. The molecular formula is C13H20N6OS. The van der Waals surface area contributed by atoms with Crippen LogP contribution >= 0.6 is 11.3 Å². The molecule has 114 valence electrons. The Balaban J connectivity index is 1.82. The number of aromatic nitrogens is 4. The quantitative estimate of drug-likeness (QED) is 0.833. The first-order valence-electron chi connectivity index (χ1n) is 6.84. The predicted octanol–water partition coefficient (Wildman–Crippen LogP) is 1.11. The van der Waals surface area contributed by atoms with Crippen LogP contribution in [0.1, 0.15) is 36.3 Å². The van der Waals surface area contributed by atoms with Crippen molar-refractivity contribution >= 4 is 22.4 Å². The highest BCUT2D eigenvalue weighted by atomic mass is 32.1. The Morgan fingerprint density at radius 1 is 1.52 bits per heavy atom. The number of thiazole rings is 1. The van der Waals surface area contributed by atoms with Crippen molar-refractivity contribution in [2.45, 2.75) is 39.7 Å². The number of nitrogens with one attached hydrogen (secondary N) is 1. The number of nitrogen functional groups attached to an aromatic ring is 1. The lowest BCUT2D eigenvalue weighted by atomic mass is 10.3. The van der Waals surface area contributed by atoms with Crippen LogP contribution in [0.5, 0.6) is 0 Å². The van der Waals surface area contributed by atoms with Crippen molar-refractivity contribution in [2.75, 3.05) is 12.3 Å². The summed E-state index contributed by atoms with van der Waals surface area (Å²) in [6.07, 6.45) is 2.69. The number of carbonyl (C=O) groups is 1. The van der Waals surface area contributed by atoms with Crippen molar-refractivity contribution in [3.63, 3.8) is 0 Å². The Kier molecular flexibility index (Phi) is 4.89. The van der Waals surface area contributed by atoms with Gasteiger partial charge in [0, 0.05) is 23.9 Å². The van der Waals surface area contributed by atoms with Crippen molar-refractivity contribution in [1.82, 2.24) is 25.1 Å². The van der Waals surface area contributed by atoms with E-state index in [1.54, 1.807) is 6.33 Å². The second-order valence-corrected chi connectivity index (χ2v) is 6.20. The van der Waals surface area contributed by atoms with Gasteiger partial charge in [0.05, 0.1) is 12.1 Å². The highest BCUT2D eigenvalue weighted by molar-refractivity contribution is 7.15. The fourth-order valence-electron chi connectivity index (χ4n) is 2.01. The molecule has 0 fully saturated rings. The average molecular weight is 308 g/mol. The summed E-state index contributed by atoms with van der Waals surface area (Å²) in [7, 11) is 0. The molecule has 0 aliphatic rings. The largest absolute Gasteiger partial charge is 0.375 e. The molecule has 0 unspecified atom stereocenters. The minimum Gasteiger partial charge on any atom is -0.375 e. The smallest absolute Gasteiger partial charge is 0.225 e. The maximum atomic E-state index is 11.9. The number of anilines is 1. The summed E-state index contributed by atoms with van der Waals surface area (Å²) in [6, 6.07) is 0.313. The summed E-state index contributed by atoms with van der Waals surface area (Å²) in [5, 5.41) is 11.4. The molecule has 0 aliphatic heterocycles. The van der Waals surface area contributed by atoms with Crippen molar-refractivity contribution in [1.29, 1.82) is 0 Å². The van der Waals surface area contributed by atoms with Gasteiger partial charge in [-0.05, 0) is 20.8 Å². The molecule has 7 nitrogen and oxygen atoms in total. The monoisotopic (exact) mass is 308 g/mol.